The van der Waals surface area contributed by atoms with E-state index >= 15 is 0 Å². The predicted octanol–water partition coefficient (Wildman–Crippen LogP) is 2.02. The second-order valence-electron chi connectivity index (χ2n) is 5.88. The number of carbonyl (C=O) groups is 1. The van der Waals surface area contributed by atoms with Crippen LogP contribution < -0.4 is 24.4 Å². The number of ether oxygens (including phenoxy) is 3. The van der Waals surface area contributed by atoms with Gasteiger partial charge in [0, 0.05) is 16.7 Å². The van der Waals surface area contributed by atoms with E-state index in [4.69, 9.17) is 25.8 Å². The smallest absolute Gasteiger partial charge is 0.279 e. The number of amides is 1. The first kappa shape index (κ1) is 19.9. The Kier molecular flexibility index (Phi) is 7.12. The van der Waals surface area contributed by atoms with Gasteiger partial charge in [-0.25, -0.2) is 0 Å². The largest absolute Gasteiger partial charge is 0.497 e. The highest BCUT2D eigenvalue weighted by atomic mass is 35.5. The number of benzene rings is 2. The van der Waals surface area contributed by atoms with Crippen molar-refractivity contribution in [1.82, 2.24) is 0 Å². The summed E-state index contributed by atoms with van der Waals surface area (Å²) in [6.07, 6.45) is 0. The maximum atomic E-state index is 12.4. The highest BCUT2D eigenvalue weighted by molar-refractivity contribution is 6.30. The van der Waals surface area contributed by atoms with Gasteiger partial charge >= 0.3 is 0 Å². The second-order valence-corrected chi connectivity index (χ2v) is 6.32. The number of rotatable bonds is 8. The minimum Gasteiger partial charge on any atom is -0.497 e. The third-order valence-corrected chi connectivity index (χ3v) is 4.11. The number of hydrogen-bond acceptors (Lipinski definition) is 4. The lowest BCUT2D eigenvalue weighted by atomic mass is 10.2. The van der Waals surface area contributed by atoms with E-state index in [1.165, 1.54) is 0 Å². The van der Waals surface area contributed by atoms with Crippen LogP contribution in [0.3, 0.4) is 0 Å². The average Bonchev–Trinajstić information content (AvgIpc) is 2.62. The Labute approximate surface area is 158 Å². The molecule has 0 saturated heterocycles. The second kappa shape index (κ2) is 9.31. The van der Waals surface area contributed by atoms with Gasteiger partial charge in [0.1, 0.15) is 23.8 Å². The first-order valence-electron chi connectivity index (χ1n) is 8.12. The van der Waals surface area contributed by atoms with Crippen molar-refractivity contribution in [2.75, 3.05) is 40.2 Å². The summed E-state index contributed by atoms with van der Waals surface area (Å²) >= 11 is 6.06. The minimum absolute atomic E-state index is 0.119. The molecule has 0 aliphatic carbocycles. The van der Waals surface area contributed by atoms with Crippen LogP contribution in [0.2, 0.25) is 5.02 Å². The summed E-state index contributed by atoms with van der Waals surface area (Å²) in [7, 11) is 6.68. The molecule has 1 amide bonds. The number of quaternary nitrogens is 1. The lowest BCUT2D eigenvalue weighted by molar-refractivity contribution is -0.885. The van der Waals surface area contributed by atoms with Gasteiger partial charge in [-0.3, -0.25) is 4.79 Å². The summed E-state index contributed by atoms with van der Waals surface area (Å²) < 4.78 is 15.8. The molecule has 0 aliphatic rings. The fourth-order valence-corrected chi connectivity index (χ4v) is 2.84. The normalized spacial score (nSPS) is 11.6. The molecule has 0 spiro atoms. The Morgan fingerprint density at radius 1 is 1.04 bits per heavy atom. The highest BCUT2D eigenvalue weighted by Gasteiger charge is 2.15. The van der Waals surface area contributed by atoms with Crippen molar-refractivity contribution in [2.45, 2.75) is 6.54 Å². The van der Waals surface area contributed by atoms with Crippen LogP contribution >= 0.6 is 11.6 Å². The van der Waals surface area contributed by atoms with Gasteiger partial charge in [-0.15, -0.1) is 0 Å². The zero-order valence-corrected chi connectivity index (χ0v) is 16.1. The molecule has 0 fully saturated rings. The first-order valence-corrected chi connectivity index (χ1v) is 8.50. The Hall–Kier alpha value is -2.44. The van der Waals surface area contributed by atoms with Crippen LogP contribution in [0.1, 0.15) is 5.56 Å². The number of carbonyl (C=O) groups excluding carboxylic acids is 1. The molecule has 2 N–H and O–H groups in total. The van der Waals surface area contributed by atoms with Crippen molar-refractivity contribution in [3.05, 3.63) is 47.0 Å². The first-order chi connectivity index (χ1) is 12.5. The number of methoxy groups -OCH3 is 3. The van der Waals surface area contributed by atoms with E-state index in [0.717, 1.165) is 16.2 Å². The fraction of sp³-hybridized carbons (Fsp3) is 0.316. The van der Waals surface area contributed by atoms with Gasteiger partial charge in [-0.1, -0.05) is 11.6 Å². The van der Waals surface area contributed by atoms with Gasteiger partial charge in [-0.05, 0) is 30.3 Å². The van der Waals surface area contributed by atoms with E-state index in [2.05, 4.69) is 5.32 Å². The summed E-state index contributed by atoms with van der Waals surface area (Å²) in [5, 5.41) is 3.51. The molecule has 2 aromatic carbocycles. The molecule has 1 unspecified atom stereocenters. The quantitative estimate of drug-likeness (QED) is 0.736. The summed E-state index contributed by atoms with van der Waals surface area (Å²) in [6, 6.07) is 10.7. The van der Waals surface area contributed by atoms with Crippen molar-refractivity contribution in [3.8, 4) is 17.2 Å². The van der Waals surface area contributed by atoms with Crippen LogP contribution in [-0.2, 0) is 11.3 Å². The number of anilines is 1. The Morgan fingerprint density at radius 3 is 2.42 bits per heavy atom. The van der Waals surface area contributed by atoms with Crippen LogP contribution in [0.4, 0.5) is 5.69 Å². The fourth-order valence-electron chi connectivity index (χ4n) is 2.64. The number of halogens is 1. The van der Waals surface area contributed by atoms with Crippen LogP contribution in [-0.4, -0.2) is 40.8 Å². The molecule has 0 aliphatic heterocycles. The zero-order chi connectivity index (χ0) is 19.1. The van der Waals surface area contributed by atoms with Gasteiger partial charge in [-0.2, -0.15) is 0 Å². The maximum Gasteiger partial charge on any atom is 0.279 e. The summed E-state index contributed by atoms with van der Waals surface area (Å²) in [6.45, 7) is 0.891. The molecular weight excluding hydrogens is 356 g/mol. The van der Waals surface area contributed by atoms with Crippen LogP contribution in [0.5, 0.6) is 17.2 Å². The summed E-state index contributed by atoms with van der Waals surface area (Å²) in [5.74, 6) is 1.85. The number of likely N-dealkylation sites (N-methyl/N-ethyl adjacent to an activating group) is 1. The van der Waals surface area contributed by atoms with Gasteiger partial charge in [0.2, 0.25) is 0 Å². The Balaban J connectivity index is 2.01. The molecular formula is C19H24ClN2O4+. The molecule has 2 aromatic rings. The van der Waals surface area contributed by atoms with Crippen LogP contribution in [0.25, 0.3) is 0 Å². The van der Waals surface area contributed by atoms with E-state index in [1.54, 1.807) is 45.6 Å². The third-order valence-electron chi connectivity index (χ3n) is 3.88. The highest BCUT2D eigenvalue weighted by Crippen LogP contribution is 2.28. The molecule has 6 nitrogen and oxygen atoms in total. The Bertz CT molecular complexity index is 767. The standard InChI is InChI=1S/C19H23ClN2O4/c1-22(11-13-9-14(20)5-8-17(13)25-3)12-19(23)21-16-7-6-15(24-2)10-18(16)26-4/h5-10H,11-12H2,1-4H3,(H,21,23)/p+1. The van der Waals surface area contributed by atoms with Crippen molar-refractivity contribution >= 4 is 23.2 Å². The summed E-state index contributed by atoms with van der Waals surface area (Å²) in [5.41, 5.74) is 1.55. The number of nitrogens with one attached hydrogen (secondary N) is 2. The molecule has 0 heterocycles. The van der Waals surface area contributed by atoms with E-state index in [9.17, 15) is 4.79 Å². The lowest BCUT2D eigenvalue weighted by Gasteiger charge is -2.17. The molecule has 7 heteroatoms. The predicted molar refractivity (Wildman–Crippen MR) is 102 cm³/mol. The SMILES string of the molecule is COc1ccc(NC(=O)C[NH+](C)Cc2cc(Cl)ccc2OC)c(OC)c1. The topological polar surface area (TPSA) is 61.2 Å². The minimum atomic E-state index is -0.119. The van der Waals surface area contributed by atoms with Gasteiger partial charge in [0.25, 0.3) is 5.91 Å². The molecule has 0 aromatic heterocycles. The molecule has 26 heavy (non-hydrogen) atoms. The zero-order valence-electron chi connectivity index (χ0n) is 15.4. The average molecular weight is 380 g/mol. The van der Waals surface area contributed by atoms with Crippen molar-refractivity contribution in [3.63, 3.8) is 0 Å². The van der Waals surface area contributed by atoms with Crippen molar-refractivity contribution in [2.24, 2.45) is 0 Å². The molecule has 0 radical (unpaired) electrons. The molecule has 1 atom stereocenters. The van der Waals surface area contributed by atoms with Crippen molar-refractivity contribution < 1.29 is 23.9 Å². The maximum absolute atomic E-state index is 12.4. The van der Waals surface area contributed by atoms with Crippen LogP contribution in [0, 0.1) is 0 Å². The van der Waals surface area contributed by atoms with Gasteiger partial charge in [0.15, 0.2) is 6.54 Å². The van der Waals surface area contributed by atoms with E-state index in [0.29, 0.717) is 28.8 Å². The molecule has 0 bridgehead atoms. The van der Waals surface area contributed by atoms with E-state index in [-0.39, 0.29) is 12.5 Å². The van der Waals surface area contributed by atoms with Gasteiger partial charge < -0.3 is 24.4 Å². The molecule has 0 saturated carbocycles. The lowest BCUT2D eigenvalue weighted by Crippen LogP contribution is -3.08. The molecule has 2 rings (SSSR count). The van der Waals surface area contributed by atoms with E-state index in [1.807, 2.05) is 19.2 Å². The van der Waals surface area contributed by atoms with Crippen LogP contribution in [0.15, 0.2) is 36.4 Å². The number of hydrogen-bond donors (Lipinski definition) is 2. The summed E-state index contributed by atoms with van der Waals surface area (Å²) in [4.78, 5) is 13.4. The van der Waals surface area contributed by atoms with E-state index < -0.39 is 0 Å². The monoisotopic (exact) mass is 379 g/mol. The van der Waals surface area contributed by atoms with Gasteiger partial charge in [0.05, 0.1) is 34.1 Å². The Morgan fingerprint density at radius 2 is 1.77 bits per heavy atom. The van der Waals surface area contributed by atoms with Crippen molar-refractivity contribution in [1.29, 1.82) is 0 Å². The molecule has 140 valence electrons. The third kappa shape index (κ3) is 5.28.